The minimum atomic E-state index is -3.80. The highest BCUT2D eigenvalue weighted by atomic mass is 32.2. The van der Waals surface area contributed by atoms with Gasteiger partial charge in [-0.25, -0.2) is 18.5 Å². The number of aryl methyl sites for hydroxylation is 1. The molecule has 160 valence electrons. The second-order valence-corrected chi connectivity index (χ2v) is 9.47. The Bertz CT molecular complexity index is 1190. The van der Waals surface area contributed by atoms with Crippen molar-refractivity contribution in [3.05, 3.63) is 47.5 Å². The summed E-state index contributed by atoms with van der Waals surface area (Å²) < 4.78 is 30.9. The summed E-state index contributed by atoms with van der Waals surface area (Å²) >= 11 is 1.52. The number of ether oxygens (including phenoxy) is 1. The van der Waals surface area contributed by atoms with Crippen LogP contribution in [0.1, 0.15) is 42.6 Å². The molecule has 0 aliphatic rings. The predicted molar refractivity (Wildman–Crippen MR) is 119 cm³/mol. The van der Waals surface area contributed by atoms with Crippen LogP contribution in [0.5, 0.6) is 5.75 Å². The van der Waals surface area contributed by atoms with Crippen molar-refractivity contribution < 1.29 is 17.9 Å². The summed E-state index contributed by atoms with van der Waals surface area (Å²) in [5, 5.41) is 6.05. The molecule has 2 N–H and O–H groups in total. The number of Topliss-reactive ketones (excluding diaryl/α,β-unsaturated/α-hetero) is 1. The molecule has 0 atom stereocenters. The number of fused-ring (bicyclic) bond motifs is 1. The number of hydrogen-bond acceptors (Lipinski definition) is 6. The normalized spacial score (nSPS) is 11.7. The van der Waals surface area contributed by atoms with Gasteiger partial charge in [-0.3, -0.25) is 4.79 Å². The summed E-state index contributed by atoms with van der Waals surface area (Å²) in [5.74, 6) is 1.26. The van der Waals surface area contributed by atoms with Crippen molar-refractivity contribution in [3.63, 3.8) is 0 Å². The number of carbonyl (C=O) groups is 1. The smallest absolute Gasteiger partial charge is 0.238 e. The molecule has 0 saturated carbocycles. The van der Waals surface area contributed by atoms with E-state index >= 15 is 0 Å². The van der Waals surface area contributed by atoms with Crippen LogP contribution in [0, 0.1) is 0 Å². The summed E-state index contributed by atoms with van der Waals surface area (Å²) in [4.78, 5) is 16.5. The SMILES string of the molecule is CCCCn1c(SCc2cc(C(C)=O)ccc2OC)nc2cc(S(N)(=O)=O)ccc21. The van der Waals surface area contributed by atoms with Gasteiger partial charge in [0.25, 0.3) is 0 Å². The Labute approximate surface area is 180 Å². The van der Waals surface area contributed by atoms with E-state index in [1.54, 1.807) is 25.3 Å². The van der Waals surface area contributed by atoms with Gasteiger partial charge in [0.15, 0.2) is 10.9 Å². The molecular formula is C21H25N3O4S2. The number of benzene rings is 2. The van der Waals surface area contributed by atoms with E-state index in [1.165, 1.54) is 30.8 Å². The van der Waals surface area contributed by atoms with Gasteiger partial charge >= 0.3 is 0 Å². The molecule has 0 amide bonds. The van der Waals surface area contributed by atoms with Gasteiger partial charge < -0.3 is 9.30 Å². The van der Waals surface area contributed by atoms with Crippen molar-refractivity contribution in [2.24, 2.45) is 5.14 Å². The molecule has 1 aromatic heterocycles. The lowest BCUT2D eigenvalue weighted by molar-refractivity contribution is 0.101. The third-order valence-electron chi connectivity index (χ3n) is 4.79. The first-order valence-electron chi connectivity index (χ1n) is 9.58. The van der Waals surface area contributed by atoms with Gasteiger partial charge in [-0.1, -0.05) is 25.1 Å². The lowest BCUT2D eigenvalue weighted by Crippen LogP contribution is -2.11. The number of nitrogens with zero attached hydrogens (tertiary/aromatic N) is 2. The summed E-state index contributed by atoms with van der Waals surface area (Å²) in [5.41, 5.74) is 2.98. The van der Waals surface area contributed by atoms with Gasteiger partial charge in [0.05, 0.1) is 23.0 Å². The average molecular weight is 448 g/mol. The number of sulfonamides is 1. The number of rotatable bonds is 9. The molecule has 0 fully saturated rings. The third kappa shape index (κ3) is 4.85. The van der Waals surface area contributed by atoms with Crippen LogP contribution in [0.15, 0.2) is 46.5 Å². The van der Waals surface area contributed by atoms with E-state index in [0.717, 1.165) is 35.6 Å². The van der Waals surface area contributed by atoms with Gasteiger partial charge in [-0.2, -0.15) is 0 Å². The standard InChI is InChI=1S/C21H25N3O4S2/c1-4-5-10-24-19-8-7-17(30(22,26)27)12-18(19)23-21(24)29-13-16-11-15(14(2)25)6-9-20(16)28-3/h6-9,11-12H,4-5,10,13H2,1-3H3,(H2,22,26,27). The lowest BCUT2D eigenvalue weighted by Gasteiger charge is -2.11. The monoisotopic (exact) mass is 447 g/mol. The van der Waals surface area contributed by atoms with Crippen LogP contribution in [0.2, 0.25) is 0 Å². The molecule has 0 saturated heterocycles. The first kappa shape index (κ1) is 22.3. The number of primary sulfonamides is 1. The topological polar surface area (TPSA) is 104 Å². The molecule has 0 aliphatic heterocycles. The minimum Gasteiger partial charge on any atom is -0.496 e. The molecule has 0 unspecified atom stereocenters. The Balaban J connectivity index is 1.98. The molecule has 0 aliphatic carbocycles. The molecule has 2 aromatic carbocycles. The fourth-order valence-electron chi connectivity index (χ4n) is 3.16. The van der Waals surface area contributed by atoms with Crippen molar-refractivity contribution in [1.29, 1.82) is 0 Å². The van der Waals surface area contributed by atoms with Gasteiger partial charge in [0.2, 0.25) is 10.0 Å². The largest absolute Gasteiger partial charge is 0.496 e. The Morgan fingerprint density at radius 3 is 2.63 bits per heavy atom. The molecule has 1 heterocycles. The highest BCUT2D eigenvalue weighted by Crippen LogP contribution is 2.31. The Kier molecular flexibility index (Phi) is 6.84. The van der Waals surface area contributed by atoms with Crippen LogP contribution in [0.4, 0.5) is 0 Å². The van der Waals surface area contributed by atoms with Gasteiger partial charge in [-0.15, -0.1) is 0 Å². The Hall–Kier alpha value is -2.36. The van der Waals surface area contributed by atoms with Crippen molar-refractivity contribution in [3.8, 4) is 5.75 Å². The van der Waals surface area contributed by atoms with Crippen molar-refractivity contribution >= 4 is 38.6 Å². The van der Waals surface area contributed by atoms with E-state index in [9.17, 15) is 13.2 Å². The number of thioether (sulfide) groups is 1. The molecule has 30 heavy (non-hydrogen) atoms. The highest BCUT2D eigenvalue weighted by molar-refractivity contribution is 7.98. The number of aromatic nitrogens is 2. The number of methoxy groups -OCH3 is 1. The lowest BCUT2D eigenvalue weighted by atomic mass is 10.1. The summed E-state index contributed by atoms with van der Waals surface area (Å²) in [6.45, 7) is 4.42. The molecule has 0 radical (unpaired) electrons. The van der Waals surface area contributed by atoms with Gasteiger partial charge in [0.1, 0.15) is 5.75 Å². The zero-order valence-electron chi connectivity index (χ0n) is 17.2. The number of unbranched alkanes of at least 4 members (excludes halogenated alkanes) is 1. The van der Waals surface area contributed by atoms with Crippen molar-refractivity contribution in [2.45, 2.75) is 49.0 Å². The maximum atomic E-state index is 11.8. The number of hydrogen-bond donors (Lipinski definition) is 1. The molecule has 0 bridgehead atoms. The molecule has 3 aromatic rings. The van der Waals surface area contributed by atoms with Gasteiger partial charge in [0, 0.05) is 23.4 Å². The summed E-state index contributed by atoms with van der Waals surface area (Å²) in [7, 11) is -2.20. The zero-order valence-corrected chi connectivity index (χ0v) is 18.8. The molecule has 0 spiro atoms. The summed E-state index contributed by atoms with van der Waals surface area (Å²) in [6.07, 6.45) is 1.99. The maximum Gasteiger partial charge on any atom is 0.238 e. The first-order valence-corrected chi connectivity index (χ1v) is 12.1. The van der Waals surface area contributed by atoms with Crippen LogP contribution in [-0.2, 0) is 22.3 Å². The van der Waals surface area contributed by atoms with Crippen molar-refractivity contribution in [1.82, 2.24) is 9.55 Å². The van der Waals surface area contributed by atoms with Crippen LogP contribution in [0.3, 0.4) is 0 Å². The van der Waals surface area contributed by atoms with Crippen molar-refractivity contribution in [2.75, 3.05) is 7.11 Å². The second kappa shape index (κ2) is 9.20. The summed E-state index contributed by atoms with van der Waals surface area (Å²) in [6, 6.07) is 10.2. The predicted octanol–water partition coefficient (Wildman–Crippen LogP) is 3.99. The second-order valence-electron chi connectivity index (χ2n) is 6.97. The van der Waals surface area contributed by atoms with Gasteiger partial charge in [-0.05, 0) is 49.7 Å². The quantitative estimate of drug-likeness (QED) is 0.393. The number of carbonyl (C=O) groups excluding carboxylic acids is 1. The highest BCUT2D eigenvalue weighted by Gasteiger charge is 2.16. The molecule has 9 heteroatoms. The average Bonchev–Trinajstić information content (AvgIpc) is 3.06. The first-order chi connectivity index (χ1) is 14.2. The number of imidazole rings is 1. The maximum absolute atomic E-state index is 11.8. The third-order valence-corrected chi connectivity index (χ3v) is 6.73. The number of nitrogens with two attached hydrogens (primary N) is 1. The van der Waals surface area contributed by atoms with E-state index in [0.29, 0.717) is 22.6 Å². The van der Waals surface area contributed by atoms with E-state index in [-0.39, 0.29) is 10.7 Å². The molecule has 7 nitrogen and oxygen atoms in total. The van der Waals surface area contributed by atoms with E-state index in [1.807, 2.05) is 6.07 Å². The van der Waals surface area contributed by atoms with Crippen LogP contribution in [0.25, 0.3) is 11.0 Å². The Morgan fingerprint density at radius 2 is 2.00 bits per heavy atom. The fraction of sp³-hybridized carbons (Fsp3) is 0.333. The molecular weight excluding hydrogens is 422 g/mol. The minimum absolute atomic E-state index is 0.00499. The number of ketones is 1. The van der Waals surface area contributed by atoms with E-state index in [2.05, 4.69) is 16.5 Å². The Morgan fingerprint density at radius 1 is 1.23 bits per heavy atom. The van der Waals surface area contributed by atoms with E-state index in [4.69, 9.17) is 9.88 Å². The van der Waals surface area contributed by atoms with Crippen LogP contribution in [-0.4, -0.2) is 30.9 Å². The molecule has 3 rings (SSSR count). The zero-order chi connectivity index (χ0) is 21.9. The van der Waals surface area contributed by atoms with Crippen LogP contribution < -0.4 is 9.88 Å². The fourth-order valence-corrected chi connectivity index (χ4v) is 4.71. The van der Waals surface area contributed by atoms with E-state index < -0.39 is 10.0 Å². The van der Waals surface area contributed by atoms with Crippen LogP contribution >= 0.6 is 11.8 Å².